The molecule has 1 amide bonds. The largest absolute Gasteiger partial charge is 0.444 e. The summed E-state index contributed by atoms with van der Waals surface area (Å²) in [5.74, 6) is 0.168. The number of hydrogen-bond acceptors (Lipinski definition) is 4. The van der Waals surface area contributed by atoms with Gasteiger partial charge in [0.2, 0.25) is 0 Å². The molecular weight excluding hydrogens is 218 g/mol. The van der Waals surface area contributed by atoms with Gasteiger partial charge in [0.15, 0.2) is 0 Å². The minimum atomic E-state index is -0.484. The first-order valence-electron chi connectivity index (χ1n) is 5.99. The van der Waals surface area contributed by atoms with Crippen molar-refractivity contribution < 1.29 is 9.53 Å². The summed E-state index contributed by atoms with van der Waals surface area (Å²) < 4.78 is 5.21. The maximum absolute atomic E-state index is 11.6. The quantitative estimate of drug-likeness (QED) is 0.764. The van der Waals surface area contributed by atoms with E-state index in [1.54, 1.807) is 0 Å². The Morgan fingerprint density at radius 3 is 2.88 bits per heavy atom. The third-order valence-electron chi connectivity index (χ3n) is 2.66. The van der Waals surface area contributed by atoms with E-state index < -0.39 is 11.7 Å². The van der Waals surface area contributed by atoms with Crippen molar-refractivity contribution in [3.05, 3.63) is 0 Å². The zero-order valence-corrected chi connectivity index (χ0v) is 10.7. The van der Waals surface area contributed by atoms with Crippen LogP contribution in [0.2, 0.25) is 0 Å². The molecule has 0 aromatic heterocycles. The number of piperidine rings is 1. The number of nitrogens with zero attached hydrogens (tertiary/aromatic N) is 1. The Balaban J connectivity index is 2.47. The summed E-state index contributed by atoms with van der Waals surface area (Å²) in [5, 5.41) is 14.8. The first kappa shape index (κ1) is 13.8. The molecule has 2 atom stereocenters. The van der Waals surface area contributed by atoms with E-state index in [4.69, 9.17) is 10.00 Å². The van der Waals surface area contributed by atoms with Gasteiger partial charge in [0.25, 0.3) is 0 Å². The molecule has 0 aromatic carbocycles. The number of nitriles is 1. The lowest BCUT2D eigenvalue weighted by Crippen LogP contribution is -2.50. The minimum Gasteiger partial charge on any atom is -0.444 e. The number of ether oxygens (including phenoxy) is 1. The first-order valence-corrected chi connectivity index (χ1v) is 5.99. The van der Waals surface area contributed by atoms with Gasteiger partial charge in [-0.15, -0.1) is 0 Å². The van der Waals surface area contributed by atoms with Crippen molar-refractivity contribution in [1.82, 2.24) is 10.6 Å². The zero-order valence-electron chi connectivity index (χ0n) is 10.7. The number of carbonyl (C=O) groups is 1. The number of carbonyl (C=O) groups excluding carboxylic acids is 1. The smallest absolute Gasteiger partial charge is 0.407 e. The van der Waals surface area contributed by atoms with Crippen molar-refractivity contribution >= 4 is 6.09 Å². The molecule has 1 saturated heterocycles. The number of amides is 1. The molecule has 5 heteroatoms. The molecule has 0 spiro atoms. The zero-order chi connectivity index (χ0) is 12.9. The lowest BCUT2D eigenvalue weighted by molar-refractivity contribution is 0.0474. The topological polar surface area (TPSA) is 74.2 Å². The predicted octanol–water partition coefficient (Wildman–Crippen LogP) is 1.40. The van der Waals surface area contributed by atoms with E-state index in [0.29, 0.717) is 6.42 Å². The Morgan fingerprint density at radius 1 is 1.59 bits per heavy atom. The van der Waals surface area contributed by atoms with Gasteiger partial charge in [0.05, 0.1) is 6.07 Å². The summed E-state index contributed by atoms with van der Waals surface area (Å²) in [6.07, 6.45) is 0.895. The summed E-state index contributed by atoms with van der Waals surface area (Å²) >= 11 is 0. The third-order valence-corrected chi connectivity index (χ3v) is 2.66. The van der Waals surface area contributed by atoms with E-state index in [9.17, 15) is 4.79 Å². The fraction of sp³-hybridized carbons (Fsp3) is 0.833. The van der Waals surface area contributed by atoms with Gasteiger partial charge < -0.3 is 15.4 Å². The van der Waals surface area contributed by atoms with Gasteiger partial charge in [-0.1, -0.05) is 0 Å². The maximum Gasteiger partial charge on any atom is 0.407 e. The van der Waals surface area contributed by atoms with Crippen molar-refractivity contribution in [2.24, 2.45) is 5.92 Å². The highest BCUT2D eigenvalue weighted by Gasteiger charge is 2.27. The van der Waals surface area contributed by atoms with Crippen molar-refractivity contribution in [2.75, 3.05) is 13.1 Å². The van der Waals surface area contributed by atoms with Gasteiger partial charge in [0, 0.05) is 24.9 Å². The summed E-state index contributed by atoms with van der Waals surface area (Å²) in [7, 11) is 0. The molecule has 0 saturated carbocycles. The highest BCUT2D eigenvalue weighted by molar-refractivity contribution is 5.68. The Bertz CT molecular complexity index is 304. The SMILES string of the molecule is CC(C)(C)OC(=O)N[C@@H]1CCNC[C@@H]1CC#N. The van der Waals surface area contributed by atoms with E-state index in [1.165, 1.54) is 0 Å². The number of nitrogens with one attached hydrogen (secondary N) is 2. The second kappa shape index (κ2) is 5.87. The monoisotopic (exact) mass is 239 g/mol. The molecule has 2 N–H and O–H groups in total. The lowest BCUT2D eigenvalue weighted by atomic mass is 9.91. The molecule has 1 heterocycles. The minimum absolute atomic E-state index is 0.0331. The van der Waals surface area contributed by atoms with Crippen LogP contribution in [0.25, 0.3) is 0 Å². The van der Waals surface area contributed by atoms with E-state index in [-0.39, 0.29) is 12.0 Å². The van der Waals surface area contributed by atoms with Crippen molar-refractivity contribution in [3.63, 3.8) is 0 Å². The van der Waals surface area contributed by atoms with Crippen LogP contribution in [0.1, 0.15) is 33.6 Å². The normalized spacial score (nSPS) is 24.8. The molecule has 17 heavy (non-hydrogen) atoms. The van der Waals surface area contributed by atoms with Crippen LogP contribution >= 0.6 is 0 Å². The average Bonchev–Trinajstić information content (AvgIpc) is 2.18. The second-order valence-corrected chi connectivity index (χ2v) is 5.37. The number of hydrogen-bond donors (Lipinski definition) is 2. The first-order chi connectivity index (χ1) is 7.92. The Kier molecular flexibility index (Phi) is 4.76. The molecule has 0 aliphatic carbocycles. The van der Waals surface area contributed by atoms with E-state index >= 15 is 0 Å². The average molecular weight is 239 g/mol. The molecular formula is C12H21N3O2. The molecule has 1 fully saturated rings. The number of rotatable bonds is 2. The fourth-order valence-corrected chi connectivity index (χ4v) is 1.90. The Labute approximate surface area is 103 Å². The van der Waals surface area contributed by atoms with Crippen LogP contribution in [-0.4, -0.2) is 30.8 Å². The van der Waals surface area contributed by atoms with Crippen LogP contribution in [0.5, 0.6) is 0 Å². The fourth-order valence-electron chi connectivity index (χ4n) is 1.90. The molecule has 1 aliphatic heterocycles. The van der Waals surface area contributed by atoms with Crippen LogP contribution in [0.15, 0.2) is 0 Å². The Morgan fingerprint density at radius 2 is 2.29 bits per heavy atom. The van der Waals surface area contributed by atoms with E-state index in [1.807, 2.05) is 20.8 Å². The summed E-state index contributed by atoms with van der Waals surface area (Å²) in [6, 6.07) is 2.19. The van der Waals surface area contributed by atoms with Crippen LogP contribution in [0.3, 0.4) is 0 Å². The van der Waals surface area contributed by atoms with Crippen LogP contribution in [0.4, 0.5) is 4.79 Å². The van der Waals surface area contributed by atoms with Crippen LogP contribution in [0, 0.1) is 17.2 Å². The standard InChI is InChI=1S/C12H21N3O2/c1-12(2,3)17-11(16)15-10-5-7-14-8-9(10)4-6-13/h9-10,14H,4-5,7-8H2,1-3H3,(H,15,16)/t9-,10+/m0/s1. The van der Waals surface area contributed by atoms with Gasteiger partial charge in [0.1, 0.15) is 5.60 Å². The highest BCUT2D eigenvalue weighted by Crippen LogP contribution is 2.16. The van der Waals surface area contributed by atoms with Crippen LogP contribution in [-0.2, 0) is 4.74 Å². The molecule has 0 aromatic rings. The summed E-state index contributed by atoms with van der Waals surface area (Å²) in [4.78, 5) is 11.6. The Hall–Kier alpha value is -1.28. The summed E-state index contributed by atoms with van der Waals surface area (Å²) in [6.45, 7) is 7.14. The lowest BCUT2D eigenvalue weighted by Gasteiger charge is -2.32. The molecule has 1 aliphatic rings. The molecule has 5 nitrogen and oxygen atoms in total. The highest BCUT2D eigenvalue weighted by atomic mass is 16.6. The maximum atomic E-state index is 11.6. The number of alkyl carbamates (subject to hydrolysis) is 1. The van der Waals surface area contributed by atoms with Crippen LogP contribution < -0.4 is 10.6 Å². The van der Waals surface area contributed by atoms with Gasteiger partial charge in [-0.3, -0.25) is 0 Å². The predicted molar refractivity (Wildman–Crippen MR) is 64.4 cm³/mol. The second-order valence-electron chi connectivity index (χ2n) is 5.37. The molecule has 0 unspecified atom stereocenters. The summed E-state index contributed by atoms with van der Waals surface area (Å²) in [5.41, 5.74) is -0.484. The van der Waals surface area contributed by atoms with E-state index in [0.717, 1.165) is 19.5 Å². The van der Waals surface area contributed by atoms with Crippen molar-refractivity contribution in [3.8, 4) is 6.07 Å². The van der Waals surface area contributed by atoms with Crippen molar-refractivity contribution in [2.45, 2.75) is 45.3 Å². The molecule has 0 radical (unpaired) electrons. The van der Waals surface area contributed by atoms with Gasteiger partial charge in [-0.05, 0) is 33.7 Å². The molecule has 0 bridgehead atoms. The van der Waals surface area contributed by atoms with Gasteiger partial charge >= 0.3 is 6.09 Å². The van der Waals surface area contributed by atoms with Crippen molar-refractivity contribution in [1.29, 1.82) is 5.26 Å². The third kappa shape index (κ3) is 5.05. The van der Waals surface area contributed by atoms with Gasteiger partial charge in [-0.25, -0.2) is 4.79 Å². The van der Waals surface area contributed by atoms with Gasteiger partial charge in [-0.2, -0.15) is 5.26 Å². The molecule has 96 valence electrons. The molecule has 1 rings (SSSR count). The van der Waals surface area contributed by atoms with E-state index in [2.05, 4.69) is 16.7 Å².